The molecule has 0 aromatic carbocycles. The molecule has 1 atom stereocenters. The van der Waals surface area contributed by atoms with Gasteiger partial charge < -0.3 is 14.2 Å². The van der Waals surface area contributed by atoms with Crippen molar-refractivity contribution in [3.8, 4) is 0 Å². The van der Waals surface area contributed by atoms with Gasteiger partial charge in [0.15, 0.2) is 6.10 Å². The van der Waals surface area contributed by atoms with E-state index in [9.17, 15) is 14.4 Å². The average Bonchev–Trinajstić information content (AvgIpc) is 3.38. The maximum atomic E-state index is 12.9. The normalized spacial score (nSPS) is 12.4. The van der Waals surface area contributed by atoms with Gasteiger partial charge in [-0.2, -0.15) is 0 Å². The van der Waals surface area contributed by atoms with E-state index in [0.717, 1.165) is 109 Å². The lowest BCUT2D eigenvalue weighted by molar-refractivity contribution is -0.167. The van der Waals surface area contributed by atoms with E-state index in [1.54, 1.807) is 0 Å². The number of ether oxygens (including phenoxy) is 3. The molecule has 0 fully saturated rings. The third-order valence-electron chi connectivity index (χ3n) is 13.8. The number of hydrogen-bond acceptors (Lipinski definition) is 6. The Balaban J connectivity index is 4.32. The Morgan fingerprint density at radius 1 is 0.292 bits per heavy atom. The topological polar surface area (TPSA) is 78.9 Å². The van der Waals surface area contributed by atoms with Gasteiger partial charge in [-0.3, -0.25) is 14.4 Å². The molecule has 0 aliphatic heterocycles. The Labute approximate surface area is 447 Å². The van der Waals surface area contributed by atoms with E-state index < -0.39 is 6.10 Å². The van der Waals surface area contributed by atoms with Crippen molar-refractivity contribution in [3.05, 3.63) is 60.8 Å². The lowest BCUT2D eigenvalue weighted by Gasteiger charge is -2.18. The SMILES string of the molecule is CC/C=C\C/C=C\C/C=C\C/C=C\C/C=C\CCCCCCCC(=O)OCC(COC(=O)CCCCCCCCCCCCCC)OC(=O)CCCCCCCCCCCCCCCCCCCCCCC. The molecule has 0 amide bonds. The summed E-state index contributed by atoms with van der Waals surface area (Å²) in [4.78, 5) is 38.2. The Bertz CT molecular complexity index is 1290. The third kappa shape index (κ3) is 58.0. The van der Waals surface area contributed by atoms with Crippen LogP contribution in [0.1, 0.15) is 323 Å². The predicted octanol–water partition coefficient (Wildman–Crippen LogP) is 21.2. The zero-order chi connectivity index (χ0) is 52.2. The first-order valence-corrected chi connectivity index (χ1v) is 31.3. The number of hydrogen-bond donors (Lipinski definition) is 0. The summed E-state index contributed by atoms with van der Waals surface area (Å²) >= 11 is 0. The van der Waals surface area contributed by atoms with E-state index in [1.165, 1.54) is 173 Å². The fourth-order valence-electron chi connectivity index (χ4n) is 9.12. The van der Waals surface area contributed by atoms with Crippen molar-refractivity contribution in [2.75, 3.05) is 13.2 Å². The maximum Gasteiger partial charge on any atom is 0.306 e. The van der Waals surface area contributed by atoms with Crippen LogP contribution in [-0.4, -0.2) is 37.2 Å². The number of carbonyl (C=O) groups is 3. The highest BCUT2D eigenvalue weighted by Gasteiger charge is 2.19. The molecule has 0 spiro atoms. The van der Waals surface area contributed by atoms with Crippen LogP contribution in [-0.2, 0) is 28.6 Å². The minimum atomic E-state index is -0.779. The Morgan fingerprint density at radius 2 is 0.542 bits per heavy atom. The maximum absolute atomic E-state index is 12.9. The summed E-state index contributed by atoms with van der Waals surface area (Å²) in [5, 5.41) is 0. The first-order valence-electron chi connectivity index (χ1n) is 31.3. The van der Waals surface area contributed by atoms with Crippen molar-refractivity contribution in [3.63, 3.8) is 0 Å². The molecule has 0 aromatic rings. The molecule has 1 unspecified atom stereocenters. The number of allylic oxidation sites excluding steroid dienone is 10. The summed E-state index contributed by atoms with van der Waals surface area (Å²) in [6.07, 6.45) is 76.5. The van der Waals surface area contributed by atoms with Gasteiger partial charge in [-0.15, -0.1) is 0 Å². The standard InChI is InChI=1S/C66H118O6/c1-4-7-10-13-16-19-22-25-27-29-31-33-35-37-39-41-44-47-50-53-56-59-65(68)71-62-63(61-70-64(67)58-55-52-49-46-43-24-21-18-15-12-9-6-3)72-66(69)60-57-54-51-48-45-42-40-38-36-34-32-30-28-26-23-20-17-14-11-8-5-2/h7,10,16,19,25,27,31,33,37,39,63H,4-6,8-9,11-15,17-18,20-24,26,28-30,32,34-36,38,40-62H2,1-3H3/b10-7-,19-16-,27-25-,33-31-,39-37-. The molecule has 0 aliphatic rings. The van der Waals surface area contributed by atoms with Gasteiger partial charge in [-0.1, -0.05) is 300 Å². The molecule has 0 bridgehead atoms. The second kappa shape index (κ2) is 60.7. The highest BCUT2D eigenvalue weighted by atomic mass is 16.6. The van der Waals surface area contributed by atoms with Crippen LogP contribution in [0.5, 0.6) is 0 Å². The second-order valence-electron chi connectivity index (χ2n) is 21.0. The summed E-state index contributed by atoms with van der Waals surface area (Å²) in [5.74, 6) is -0.877. The molecule has 0 rings (SSSR count). The van der Waals surface area contributed by atoms with E-state index in [2.05, 4.69) is 81.5 Å². The van der Waals surface area contributed by atoms with E-state index in [0.29, 0.717) is 19.3 Å². The van der Waals surface area contributed by atoms with Gasteiger partial charge in [-0.25, -0.2) is 0 Å². The van der Waals surface area contributed by atoms with E-state index in [4.69, 9.17) is 14.2 Å². The molecular weight excluding hydrogens is 889 g/mol. The predicted molar refractivity (Wildman–Crippen MR) is 312 cm³/mol. The zero-order valence-corrected chi connectivity index (χ0v) is 47.9. The van der Waals surface area contributed by atoms with Crippen LogP contribution in [0.15, 0.2) is 60.8 Å². The van der Waals surface area contributed by atoms with Crippen molar-refractivity contribution in [1.29, 1.82) is 0 Å². The summed E-state index contributed by atoms with van der Waals surface area (Å²) < 4.78 is 16.9. The van der Waals surface area contributed by atoms with Crippen molar-refractivity contribution < 1.29 is 28.6 Å². The quantitative estimate of drug-likeness (QED) is 0.0261. The Hall–Kier alpha value is -2.89. The van der Waals surface area contributed by atoms with Crippen molar-refractivity contribution in [2.24, 2.45) is 0 Å². The molecular formula is C66H118O6. The summed E-state index contributed by atoms with van der Waals surface area (Å²) in [6, 6.07) is 0. The number of carbonyl (C=O) groups excluding carboxylic acids is 3. The zero-order valence-electron chi connectivity index (χ0n) is 47.9. The average molecular weight is 1010 g/mol. The lowest BCUT2D eigenvalue weighted by Crippen LogP contribution is -2.30. The van der Waals surface area contributed by atoms with E-state index in [1.807, 2.05) is 0 Å². The van der Waals surface area contributed by atoms with Gasteiger partial charge in [0.2, 0.25) is 0 Å². The first kappa shape index (κ1) is 69.1. The highest BCUT2D eigenvalue weighted by molar-refractivity contribution is 5.71. The van der Waals surface area contributed by atoms with Crippen LogP contribution >= 0.6 is 0 Å². The Morgan fingerprint density at radius 3 is 0.847 bits per heavy atom. The number of unbranched alkanes of at least 4 members (excludes halogenated alkanes) is 36. The Kier molecular flexibility index (Phi) is 58.2. The van der Waals surface area contributed by atoms with Gasteiger partial charge in [0.25, 0.3) is 0 Å². The van der Waals surface area contributed by atoms with Crippen LogP contribution in [0, 0.1) is 0 Å². The van der Waals surface area contributed by atoms with Crippen LogP contribution in [0.3, 0.4) is 0 Å². The molecule has 0 radical (unpaired) electrons. The molecule has 0 heterocycles. The molecule has 418 valence electrons. The molecule has 72 heavy (non-hydrogen) atoms. The summed E-state index contributed by atoms with van der Waals surface area (Å²) in [6.45, 7) is 6.55. The highest BCUT2D eigenvalue weighted by Crippen LogP contribution is 2.17. The van der Waals surface area contributed by atoms with Gasteiger partial charge in [0.1, 0.15) is 13.2 Å². The van der Waals surface area contributed by atoms with Crippen LogP contribution < -0.4 is 0 Å². The fourth-order valence-corrected chi connectivity index (χ4v) is 9.12. The first-order chi connectivity index (χ1) is 35.5. The van der Waals surface area contributed by atoms with Crippen molar-refractivity contribution in [1.82, 2.24) is 0 Å². The molecule has 0 N–H and O–H groups in total. The third-order valence-corrected chi connectivity index (χ3v) is 13.8. The van der Waals surface area contributed by atoms with Crippen LogP contribution in [0.4, 0.5) is 0 Å². The van der Waals surface area contributed by atoms with Crippen LogP contribution in [0.25, 0.3) is 0 Å². The smallest absolute Gasteiger partial charge is 0.306 e. The summed E-state index contributed by atoms with van der Waals surface area (Å²) in [7, 11) is 0. The van der Waals surface area contributed by atoms with Gasteiger partial charge in [0, 0.05) is 19.3 Å². The minimum Gasteiger partial charge on any atom is -0.462 e. The van der Waals surface area contributed by atoms with Crippen molar-refractivity contribution in [2.45, 2.75) is 329 Å². The van der Waals surface area contributed by atoms with Gasteiger partial charge in [-0.05, 0) is 64.2 Å². The molecule has 0 saturated carbocycles. The monoisotopic (exact) mass is 1010 g/mol. The lowest BCUT2D eigenvalue weighted by atomic mass is 10.0. The summed E-state index contributed by atoms with van der Waals surface area (Å²) in [5.41, 5.74) is 0. The molecule has 6 heteroatoms. The minimum absolute atomic E-state index is 0.0761. The fraction of sp³-hybridized carbons (Fsp3) is 0.803. The molecule has 0 saturated heterocycles. The van der Waals surface area contributed by atoms with E-state index >= 15 is 0 Å². The largest absolute Gasteiger partial charge is 0.462 e. The van der Waals surface area contributed by atoms with Gasteiger partial charge in [0.05, 0.1) is 0 Å². The second-order valence-corrected chi connectivity index (χ2v) is 21.0. The van der Waals surface area contributed by atoms with Crippen LogP contribution in [0.2, 0.25) is 0 Å². The molecule has 6 nitrogen and oxygen atoms in total. The number of rotatable bonds is 57. The molecule has 0 aliphatic carbocycles. The molecule has 0 aromatic heterocycles. The van der Waals surface area contributed by atoms with Crippen molar-refractivity contribution >= 4 is 17.9 Å². The van der Waals surface area contributed by atoms with Gasteiger partial charge >= 0.3 is 17.9 Å². The van der Waals surface area contributed by atoms with E-state index in [-0.39, 0.29) is 31.1 Å². The number of esters is 3.